The molecule has 7 heteroatoms. The van der Waals surface area contributed by atoms with Crippen LogP contribution >= 0.6 is 11.6 Å². The Balaban J connectivity index is 1.88. The lowest BCUT2D eigenvalue weighted by Crippen LogP contribution is -2.38. The summed E-state index contributed by atoms with van der Waals surface area (Å²) in [5.74, 6) is 1.82. The minimum absolute atomic E-state index is 0.0495. The number of hydrogen-bond donors (Lipinski definition) is 1. The summed E-state index contributed by atoms with van der Waals surface area (Å²) in [4.78, 5) is 6.34. The first kappa shape index (κ1) is 14.3. The summed E-state index contributed by atoms with van der Waals surface area (Å²) in [6.07, 6.45) is 0. The molecule has 0 saturated carbocycles. The van der Waals surface area contributed by atoms with E-state index in [1.807, 2.05) is 17.0 Å². The fraction of sp³-hybridized carbons (Fsp3) is 0.500. The van der Waals surface area contributed by atoms with Crippen molar-refractivity contribution in [3.8, 4) is 11.5 Å². The van der Waals surface area contributed by atoms with Crippen molar-refractivity contribution in [2.45, 2.75) is 6.04 Å². The van der Waals surface area contributed by atoms with E-state index in [9.17, 15) is 0 Å². The van der Waals surface area contributed by atoms with Crippen LogP contribution in [0.25, 0.3) is 0 Å². The molecule has 21 heavy (non-hydrogen) atoms. The smallest absolute Gasteiger partial charge is 0.192 e. The number of nitrogens with two attached hydrogens (primary N) is 1. The van der Waals surface area contributed by atoms with Gasteiger partial charge in [0.25, 0.3) is 0 Å². The zero-order valence-electron chi connectivity index (χ0n) is 11.8. The Morgan fingerprint density at radius 3 is 3.05 bits per heavy atom. The van der Waals surface area contributed by atoms with Gasteiger partial charge in [-0.3, -0.25) is 4.99 Å². The van der Waals surface area contributed by atoms with Crippen LogP contribution in [0.5, 0.6) is 11.5 Å². The van der Waals surface area contributed by atoms with Gasteiger partial charge in [-0.1, -0.05) is 11.6 Å². The standard InChI is InChI=1S/C14H18ClN3O3/c1-19-3-2-18-11(8-17-14(18)16)9-6-10(15)13-12(7-9)20-4-5-21-13/h6-7,11H,2-5,8H2,1H3,(H2,16,17). The van der Waals surface area contributed by atoms with Crippen molar-refractivity contribution < 1.29 is 14.2 Å². The summed E-state index contributed by atoms with van der Waals surface area (Å²) < 4.78 is 16.3. The van der Waals surface area contributed by atoms with Crippen LogP contribution in [0.3, 0.4) is 0 Å². The van der Waals surface area contributed by atoms with Gasteiger partial charge in [0.15, 0.2) is 17.5 Å². The molecule has 0 fully saturated rings. The molecule has 1 atom stereocenters. The van der Waals surface area contributed by atoms with E-state index < -0.39 is 0 Å². The first-order chi connectivity index (χ1) is 10.2. The normalized spacial score (nSPS) is 20.6. The molecule has 0 amide bonds. The quantitative estimate of drug-likeness (QED) is 0.911. The number of nitrogens with zero attached hydrogens (tertiary/aromatic N) is 2. The predicted molar refractivity (Wildman–Crippen MR) is 80.3 cm³/mol. The third kappa shape index (κ3) is 2.73. The van der Waals surface area contributed by atoms with Crippen molar-refractivity contribution in [2.75, 3.05) is 40.0 Å². The Bertz CT molecular complexity index is 565. The highest BCUT2D eigenvalue weighted by molar-refractivity contribution is 6.32. The number of aliphatic imine (C=N–C) groups is 1. The molecule has 1 aromatic carbocycles. The summed E-state index contributed by atoms with van der Waals surface area (Å²) in [7, 11) is 1.67. The van der Waals surface area contributed by atoms with E-state index in [-0.39, 0.29) is 6.04 Å². The summed E-state index contributed by atoms with van der Waals surface area (Å²) >= 11 is 6.30. The maximum Gasteiger partial charge on any atom is 0.192 e. The molecule has 0 spiro atoms. The van der Waals surface area contributed by atoms with Gasteiger partial charge in [-0.2, -0.15) is 0 Å². The van der Waals surface area contributed by atoms with Crippen molar-refractivity contribution in [1.82, 2.24) is 4.90 Å². The number of benzene rings is 1. The monoisotopic (exact) mass is 311 g/mol. The number of methoxy groups -OCH3 is 1. The fourth-order valence-electron chi connectivity index (χ4n) is 2.60. The van der Waals surface area contributed by atoms with Crippen LogP contribution in [-0.2, 0) is 4.74 Å². The second kappa shape index (κ2) is 5.99. The van der Waals surface area contributed by atoms with E-state index in [0.717, 1.165) is 5.56 Å². The Morgan fingerprint density at radius 1 is 1.43 bits per heavy atom. The lowest BCUT2D eigenvalue weighted by molar-refractivity contribution is 0.164. The molecule has 2 N–H and O–H groups in total. The molecule has 0 aromatic heterocycles. The summed E-state index contributed by atoms with van der Waals surface area (Å²) in [5, 5.41) is 0.555. The molecule has 2 heterocycles. The number of halogens is 1. The van der Waals surface area contributed by atoms with Gasteiger partial charge < -0.3 is 24.8 Å². The van der Waals surface area contributed by atoms with Gasteiger partial charge in [-0.05, 0) is 17.7 Å². The zero-order valence-corrected chi connectivity index (χ0v) is 12.6. The molecule has 3 rings (SSSR count). The van der Waals surface area contributed by atoms with Crippen LogP contribution in [0.4, 0.5) is 0 Å². The average Bonchev–Trinajstić information content (AvgIpc) is 2.86. The maximum atomic E-state index is 6.30. The van der Waals surface area contributed by atoms with Crippen molar-refractivity contribution >= 4 is 17.6 Å². The Labute approximate surface area is 128 Å². The van der Waals surface area contributed by atoms with Crippen LogP contribution in [0.1, 0.15) is 11.6 Å². The Kier molecular flexibility index (Phi) is 4.07. The molecular formula is C14H18ClN3O3. The molecule has 2 aliphatic heterocycles. The number of rotatable bonds is 4. The zero-order chi connectivity index (χ0) is 14.8. The number of guanidine groups is 1. The van der Waals surface area contributed by atoms with Gasteiger partial charge in [0.2, 0.25) is 0 Å². The van der Waals surface area contributed by atoms with Crippen molar-refractivity contribution in [3.63, 3.8) is 0 Å². The van der Waals surface area contributed by atoms with Gasteiger partial charge in [-0.25, -0.2) is 0 Å². The third-order valence-electron chi connectivity index (χ3n) is 3.64. The van der Waals surface area contributed by atoms with Gasteiger partial charge >= 0.3 is 0 Å². The maximum absolute atomic E-state index is 6.30. The molecule has 0 aliphatic carbocycles. The second-order valence-corrected chi connectivity index (χ2v) is 5.33. The first-order valence-corrected chi connectivity index (χ1v) is 7.23. The van der Waals surface area contributed by atoms with E-state index in [2.05, 4.69) is 4.99 Å². The van der Waals surface area contributed by atoms with Gasteiger partial charge in [0, 0.05) is 13.7 Å². The highest BCUT2D eigenvalue weighted by Gasteiger charge is 2.29. The van der Waals surface area contributed by atoms with Crippen LogP contribution in [0.2, 0.25) is 5.02 Å². The molecule has 2 aliphatic rings. The summed E-state index contributed by atoms with van der Waals surface area (Å²) in [6, 6.07) is 3.90. The summed E-state index contributed by atoms with van der Waals surface area (Å²) in [6.45, 7) is 2.92. The Morgan fingerprint density at radius 2 is 2.24 bits per heavy atom. The van der Waals surface area contributed by atoms with Gasteiger partial charge in [0.05, 0.1) is 24.2 Å². The topological polar surface area (TPSA) is 69.3 Å². The van der Waals surface area contributed by atoms with Crippen molar-refractivity contribution in [2.24, 2.45) is 10.7 Å². The second-order valence-electron chi connectivity index (χ2n) is 4.93. The van der Waals surface area contributed by atoms with E-state index in [4.69, 9.17) is 31.5 Å². The molecule has 6 nitrogen and oxygen atoms in total. The highest BCUT2D eigenvalue weighted by Crippen LogP contribution is 2.41. The largest absolute Gasteiger partial charge is 0.486 e. The van der Waals surface area contributed by atoms with Crippen LogP contribution in [0, 0.1) is 0 Å². The third-order valence-corrected chi connectivity index (χ3v) is 3.92. The van der Waals surface area contributed by atoms with Crippen LogP contribution < -0.4 is 15.2 Å². The SMILES string of the molecule is COCCN1C(N)=NCC1c1cc(Cl)c2c(c1)OCCO2. The number of fused-ring (bicyclic) bond motifs is 1. The summed E-state index contributed by atoms with van der Waals surface area (Å²) in [5.41, 5.74) is 6.97. The molecule has 1 aromatic rings. The number of hydrogen-bond acceptors (Lipinski definition) is 6. The van der Waals surface area contributed by atoms with Gasteiger partial charge in [0.1, 0.15) is 13.2 Å². The fourth-order valence-corrected chi connectivity index (χ4v) is 2.87. The first-order valence-electron chi connectivity index (χ1n) is 6.85. The van der Waals surface area contributed by atoms with Crippen molar-refractivity contribution in [1.29, 1.82) is 0 Å². The average molecular weight is 312 g/mol. The van der Waals surface area contributed by atoms with E-state index in [1.54, 1.807) is 7.11 Å². The molecular weight excluding hydrogens is 294 g/mol. The minimum atomic E-state index is 0.0495. The van der Waals surface area contributed by atoms with Gasteiger partial charge in [-0.15, -0.1) is 0 Å². The molecule has 1 unspecified atom stereocenters. The predicted octanol–water partition coefficient (Wildman–Crippen LogP) is 1.43. The minimum Gasteiger partial charge on any atom is -0.486 e. The van der Waals surface area contributed by atoms with Crippen molar-refractivity contribution in [3.05, 3.63) is 22.7 Å². The van der Waals surface area contributed by atoms with E-state index in [0.29, 0.717) is 55.4 Å². The van der Waals surface area contributed by atoms with E-state index in [1.165, 1.54) is 0 Å². The van der Waals surface area contributed by atoms with E-state index >= 15 is 0 Å². The molecule has 0 saturated heterocycles. The van der Waals surface area contributed by atoms with Crippen LogP contribution in [-0.4, -0.2) is 50.9 Å². The van der Waals surface area contributed by atoms with Crippen LogP contribution in [0.15, 0.2) is 17.1 Å². The number of ether oxygens (including phenoxy) is 3. The molecule has 0 radical (unpaired) electrons. The molecule has 0 bridgehead atoms. The lowest BCUT2D eigenvalue weighted by atomic mass is 10.1. The Hall–Kier alpha value is -1.66. The lowest BCUT2D eigenvalue weighted by Gasteiger charge is -2.28. The molecule has 114 valence electrons. The highest BCUT2D eigenvalue weighted by atomic mass is 35.5.